The van der Waals surface area contributed by atoms with Crippen molar-refractivity contribution in [3.63, 3.8) is 0 Å². The first kappa shape index (κ1) is 22.0. The Morgan fingerprint density at radius 1 is 1.40 bits per heavy atom. The van der Waals surface area contributed by atoms with Crippen LogP contribution in [0.4, 0.5) is 0 Å². The SMILES string of the molecule is Cc1noc(/C=C/N(C)C)c1S(=O)(=O)N1CCC[C@H](C(=O)NCc2ccccn2)C1. The Hall–Kier alpha value is -2.72. The molecule has 0 spiro atoms. The Balaban J connectivity index is 1.73. The Morgan fingerprint density at radius 3 is 2.90 bits per heavy atom. The van der Waals surface area contributed by atoms with Crippen LogP contribution in [0.25, 0.3) is 6.08 Å². The molecule has 30 heavy (non-hydrogen) atoms. The number of hydrogen-bond acceptors (Lipinski definition) is 7. The van der Waals surface area contributed by atoms with Crippen LogP contribution in [0.1, 0.15) is 30.0 Å². The fourth-order valence-electron chi connectivity index (χ4n) is 3.34. The molecule has 1 atom stereocenters. The van der Waals surface area contributed by atoms with Crippen molar-refractivity contribution in [2.45, 2.75) is 31.2 Å². The van der Waals surface area contributed by atoms with Crippen LogP contribution in [-0.2, 0) is 21.4 Å². The number of piperidine rings is 1. The number of carbonyl (C=O) groups is 1. The third-order valence-electron chi connectivity index (χ3n) is 4.88. The summed E-state index contributed by atoms with van der Waals surface area (Å²) < 4.78 is 33.2. The van der Waals surface area contributed by atoms with Gasteiger partial charge >= 0.3 is 0 Å². The van der Waals surface area contributed by atoms with Crippen LogP contribution in [0, 0.1) is 12.8 Å². The number of nitrogens with zero attached hydrogens (tertiary/aromatic N) is 4. The maximum atomic E-state index is 13.3. The Bertz CT molecular complexity index is 1000. The fraction of sp³-hybridized carbons (Fsp3) is 0.450. The largest absolute Gasteiger partial charge is 0.383 e. The molecule has 0 aromatic carbocycles. The summed E-state index contributed by atoms with van der Waals surface area (Å²) in [6.45, 7) is 2.39. The molecule has 2 aromatic rings. The lowest BCUT2D eigenvalue weighted by Gasteiger charge is -2.31. The van der Waals surface area contributed by atoms with Gasteiger partial charge in [-0.1, -0.05) is 11.2 Å². The van der Waals surface area contributed by atoms with Crippen molar-refractivity contribution in [2.75, 3.05) is 27.2 Å². The van der Waals surface area contributed by atoms with E-state index in [0.29, 0.717) is 31.6 Å². The van der Waals surface area contributed by atoms with E-state index >= 15 is 0 Å². The first-order valence-electron chi connectivity index (χ1n) is 9.77. The van der Waals surface area contributed by atoms with Crippen LogP contribution >= 0.6 is 0 Å². The van der Waals surface area contributed by atoms with E-state index in [-0.39, 0.29) is 23.1 Å². The molecule has 0 bridgehead atoms. The number of nitrogens with one attached hydrogen (secondary N) is 1. The molecular weight excluding hydrogens is 406 g/mol. The maximum absolute atomic E-state index is 13.3. The number of pyridine rings is 1. The standard InChI is InChI=1S/C20H27N5O4S/c1-15-19(18(29-23-15)9-12-24(2)3)30(27,28)25-11-6-7-16(14-25)20(26)22-13-17-8-4-5-10-21-17/h4-5,8-10,12,16H,6-7,11,13-14H2,1-3H3,(H,22,26)/b12-9+/t16-/m0/s1. The molecule has 0 radical (unpaired) electrons. The minimum Gasteiger partial charge on any atom is -0.383 e. The summed E-state index contributed by atoms with van der Waals surface area (Å²) in [5.74, 6) is -0.406. The molecule has 2 aromatic heterocycles. The van der Waals surface area contributed by atoms with Gasteiger partial charge in [0.25, 0.3) is 0 Å². The number of amides is 1. The Morgan fingerprint density at radius 2 is 2.20 bits per heavy atom. The number of hydrogen-bond donors (Lipinski definition) is 1. The topological polar surface area (TPSA) is 109 Å². The van der Waals surface area contributed by atoms with E-state index in [4.69, 9.17) is 4.52 Å². The van der Waals surface area contributed by atoms with Gasteiger partial charge in [0.05, 0.1) is 18.2 Å². The molecular formula is C20H27N5O4S. The highest BCUT2D eigenvalue weighted by molar-refractivity contribution is 7.89. The first-order chi connectivity index (χ1) is 14.3. The van der Waals surface area contributed by atoms with Gasteiger partial charge in [0.15, 0.2) is 10.7 Å². The molecule has 1 aliphatic rings. The highest BCUT2D eigenvalue weighted by Gasteiger charge is 2.36. The zero-order valence-electron chi connectivity index (χ0n) is 17.4. The van der Waals surface area contributed by atoms with E-state index in [1.165, 1.54) is 4.31 Å². The van der Waals surface area contributed by atoms with Gasteiger partial charge in [-0.3, -0.25) is 9.78 Å². The summed E-state index contributed by atoms with van der Waals surface area (Å²) >= 11 is 0. The zero-order valence-corrected chi connectivity index (χ0v) is 18.2. The Labute approximate surface area is 176 Å². The summed E-state index contributed by atoms with van der Waals surface area (Å²) in [6.07, 6.45) is 6.18. The van der Waals surface area contributed by atoms with Gasteiger partial charge in [0.2, 0.25) is 15.9 Å². The van der Waals surface area contributed by atoms with E-state index < -0.39 is 15.9 Å². The van der Waals surface area contributed by atoms with Gasteiger partial charge in [-0.2, -0.15) is 4.31 Å². The normalized spacial score (nSPS) is 17.9. The molecule has 10 heteroatoms. The van der Waals surface area contributed by atoms with Crippen molar-refractivity contribution >= 4 is 22.0 Å². The van der Waals surface area contributed by atoms with Gasteiger partial charge in [0, 0.05) is 45.7 Å². The number of aryl methyl sites for hydroxylation is 1. The molecule has 0 saturated carbocycles. The quantitative estimate of drug-likeness (QED) is 0.707. The lowest BCUT2D eigenvalue weighted by molar-refractivity contribution is -0.126. The zero-order chi connectivity index (χ0) is 21.7. The summed E-state index contributed by atoms with van der Waals surface area (Å²) in [7, 11) is -0.194. The third kappa shape index (κ3) is 5.06. The molecule has 1 aliphatic heterocycles. The smallest absolute Gasteiger partial charge is 0.248 e. The lowest BCUT2D eigenvalue weighted by Crippen LogP contribution is -2.45. The predicted molar refractivity (Wildman–Crippen MR) is 112 cm³/mol. The predicted octanol–water partition coefficient (Wildman–Crippen LogP) is 1.63. The van der Waals surface area contributed by atoms with E-state index in [1.54, 1.807) is 30.3 Å². The van der Waals surface area contributed by atoms with Crippen LogP contribution in [-0.4, -0.2) is 60.9 Å². The minimum atomic E-state index is -3.85. The summed E-state index contributed by atoms with van der Waals surface area (Å²) in [5, 5.41) is 6.70. The van der Waals surface area contributed by atoms with Gasteiger partial charge in [-0.05, 0) is 31.9 Å². The first-order valence-corrected chi connectivity index (χ1v) is 11.2. The van der Waals surface area contributed by atoms with Crippen LogP contribution in [0.5, 0.6) is 0 Å². The van der Waals surface area contributed by atoms with Crippen LogP contribution in [0.15, 0.2) is 40.0 Å². The van der Waals surface area contributed by atoms with Crippen molar-refractivity contribution in [3.8, 4) is 0 Å². The minimum absolute atomic E-state index is 0.0511. The van der Waals surface area contributed by atoms with Gasteiger partial charge in [-0.25, -0.2) is 8.42 Å². The van der Waals surface area contributed by atoms with Crippen molar-refractivity contribution in [3.05, 3.63) is 47.7 Å². The number of carbonyl (C=O) groups excluding carboxylic acids is 1. The van der Waals surface area contributed by atoms with Crippen molar-refractivity contribution in [2.24, 2.45) is 5.92 Å². The molecule has 1 saturated heterocycles. The average Bonchev–Trinajstić information content (AvgIpc) is 3.12. The molecule has 1 amide bonds. The second-order valence-corrected chi connectivity index (χ2v) is 9.36. The van der Waals surface area contributed by atoms with Crippen LogP contribution in [0.3, 0.4) is 0 Å². The molecule has 1 N–H and O–H groups in total. The molecule has 3 rings (SSSR count). The van der Waals surface area contributed by atoms with E-state index in [2.05, 4.69) is 15.5 Å². The van der Waals surface area contributed by atoms with E-state index in [0.717, 1.165) is 5.69 Å². The van der Waals surface area contributed by atoms with Gasteiger partial charge < -0.3 is 14.7 Å². The molecule has 1 fully saturated rings. The van der Waals surface area contributed by atoms with Crippen molar-refractivity contribution in [1.82, 2.24) is 24.7 Å². The molecule has 9 nitrogen and oxygen atoms in total. The summed E-state index contributed by atoms with van der Waals surface area (Å²) in [6, 6.07) is 5.49. The summed E-state index contributed by atoms with van der Waals surface area (Å²) in [5.41, 5.74) is 1.05. The lowest BCUT2D eigenvalue weighted by atomic mass is 9.99. The summed E-state index contributed by atoms with van der Waals surface area (Å²) in [4.78, 5) is 18.6. The van der Waals surface area contributed by atoms with E-state index in [9.17, 15) is 13.2 Å². The van der Waals surface area contributed by atoms with Crippen LogP contribution in [0.2, 0.25) is 0 Å². The van der Waals surface area contributed by atoms with Crippen molar-refractivity contribution in [1.29, 1.82) is 0 Å². The van der Waals surface area contributed by atoms with Crippen molar-refractivity contribution < 1.29 is 17.7 Å². The highest BCUT2D eigenvalue weighted by atomic mass is 32.2. The van der Waals surface area contributed by atoms with Gasteiger partial charge in [-0.15, -0.1) is 0 Å². The third-order valence-corrected chi connectivity index (χ3v) is 6.90. The molecule has 3 heterocycles. The molecule has 0 aliphatic carbocycles. The highest BCUT2D eigenvalue weighted by Crippen LogP contribution is 2.29. The Kier molecular flexibility index (Phi) is 6.88. The maximum Gasteiger partial charge on any atom is 0.248 e. The monoisotopic (exact) mass is 433 g/mol. The number of sulfonamides is 1. The average molecular weight is 434 g/mol. The molecule has 0 unspecified atom stereocenters. The second kappa shape index (κ2) is 9.40. The van der Waals surface area contributed by atoms with Crippen LogP contribution < -0.4 is 5.32 Å². The number of aromatic nitrogens is 2. The van der Waals surface area contributed by atoms with E-state index in [1.807, 2.05) is 32.3 Å². The second-order valence-electron chi connectivity index (χ2n) is 7.48. The number of rotatable bonds is 7. The molecule has 162 valence electrons. The fourth-order valence-corrected chi connectivity index (χ4v) is 5.12. The van der Waals surface area contributed by atoms with Gasteiger partial charge in [0.1, 0.15) is 5.69 Å².